The average molecular weight is 449 g/mol. The van der Waals surface area contributed by atoms with Gasteiger partial charge < -0.3 is 19.5 Å². The molecule has 1 saturated heterocycles. The third-order valence-corrected chi connectivity index (χ3v) is 5.75. The average Bonchev–Trinajstić information content (AvgIpc) is 3.43. The minimum atomic E-state index is 0.0361. The molecule has 1 atom stereocenters. The highest BCUT2D eigenvalue weighted by Gasteiger charge is 2.28. The number of pyridine rings is 1. The molecule has 0 aliphatic carbocycles. The molecule has 7 heteroatoms. The van der Waals surface area contributed by atoms with Crippen LogP contribution in [0.3, 0.4) is 0 Å². The number of benzene rings is 1. The van der Waals surface area contributed by atoms with Crippen LogP contribution < -0.4 is 10.1 Å². The van der Waals surface area contributed by atoms with Crippen molar-refractivity contribution in [2.24, 2.45) is 0 Å². The van der Waals surface area contributed by atoms with Gasteiger partial charge in [0.05, 0.1) is 6.10 Å². The third kappa shape index (κ3) is 6.12. The molecule has 0 radical (unpaired) electrons. The van der Waals surface area contributed by atoms with E-state index < -0.39 is 0 Å². The Balaban J connectivity index is 1.34. The molecule has 3 heterocycles. The summed E-state index contributed by atoms with van der Waals surface area (Å²) < 4.78 is 10.8. The fourth-order valence-corrected chi connectivity index (χ4v) is 4.10. The summed E-state index contributed by atoms with van der Waals surface area (Å²) in [6.07, 6.45) is 1.86. The molecule has 2 aromatic heterocycles. The predicted molar refractivity (Wildman–Crippen MR) is 128 cm³/mol. The van der Waals surface area contributed by atoms with Gasteiger partial charge in [-0.1, -0.05) is 17.7 Å². The van der Waals surface area contributed by atoms with Crippen molar-refractivity contribution in [2.75, 3.05) is 18.4 Å². The Morgan fingerprint density at radius 3 is 2.73 bits per heavy atom. The quantitative estimate of drug-likeness (QED) is 0.512. The van der Waals surface area contributed by atoms with Crippen LogP contribution in [0.2, 0.25) is 0 Å². The molecule has 33 heavy (non-hydrogen) atoms. The van der Waals surface area contributed by atoms with Gasteiger partial charge >= 0.3 is 0 Å². The van der Waals surface area contributed by atoms with Crippen molar-refractivity contribution in [2.45, 2.75) is 59.0 Å². The normalized spacial score (nSPS) is 15.8. The van der Waals surface area contributed by atoms with Crippen LogP contribution >= 0.6 is 0 Å². The van der Waals surface area contributed by atoms with Crippen molar-refractivity contribution in [1.82, 2.24) is 15.0 Å². The number of anilines is 2. The molecule has 7 nitrogen and oxygen atoms in total. The van der Waals surface area contributed by atoms with Crippen LogP contribution in [-0.2, 0) is 11.2 Å². The molecule has 0 spiro atoms. The SMILES string of the molecule is Cc1ccc(Nc2cc(C)nc(C3CCN(C(=O)CCc4cc(OC(C)C)no4)C3)c2)cc1. The standard InChI is InChI=1S/C26H32N4O3/c1-17(2)32-25-15-23(33-29-25)9-10-26(31)30-12-11-20(16-30)24-14-22(13-19(4)27-24)28-21-7-5-18(3)6-8-21/h5-8,13-15,17,20H,9-12,16H2,1-4H3,(H,27,28). The lowest BCUT2D eigenvalue weighted by Gasteiger charge is -2.17. The number of ether oxygens (including phenoxy) is 1. The number of aromatic nitrogens is 2. The van der Waals surface area contributed by atoms with Gasteiger partial charge in [0, 0.05) is 60.7 Å². The van der Waals surface area contributed by atoms with Crippen LogP contribution in [0.5, 0.6) is 5.88 Å². The number of nitrogens with one attached hydrogen (secondary N) is 1. The summed E-state index contributed by atoms with van der Waals surface area (Å²) in [6.45, 7) is 9.40. The summed E-state index contributed by atoms with van der Waals surface area (Å²) in [6, 6.07) is 14.3. The maximum Gasteiger partial charge on any atom is 0.254 e. The van der Waals surface area contributed by atoms with Crippen molar-refractivity contribution in [3.8, 4) is 5.88 Å². The smallest absolute Gasteiger partial charge is 0.254 e. The fraction of sp³-hybridized carbons (Fsp3) is 0.423. The Labute approximate surface area is 195 Å². The first kappa shape index (κ1) is 22.8. The zero-order valence-corrected chi connectivity index (χ0v) is 19.8. The van der Waals surface area contributed by atoms with Gasteiger partial charge in [0.15, 0.2) is 0 Å². The lowest BCUT2D eigenvalue weighted by molar-refractivity contribution is -0.130. The molecule has 1 fully saturated rings. The number of carbonyl (C=O) groups excluding carboxylic acids is 1. The van der Waals surface area contributed by atoms with Gasteiger partial charge in [-0.2, -0.15) is 0 Å². The third-order valence-electron chi connectivity index (χ3n) is 5.75. The van der Waals surface area contributed by atoms with E-state index >= 15 is 0 Å². The maximum atomic E-state index is 12.8. The summed E-state index contributed by atoms with van der Waals surface area (Å²) in [5.41, 5.74) is 5.31. The number of amides is 1. The molecule has 174 valence electrons. The van der Waals surface area contributed by atoms with Crippen molar-refractivity contribution in [3.05, 3.63) is 65.2 Å². The second kappa shape index (κ2) is 10.1. The number of hydrogen-bond donors (Lipinski definition) is 1. The zero-order valence-electron chi connectivity index (χ0n) is 19.8. The fourth-order valence-electron chi connectivity index (χ4n) is 4.10. The summed E-state index contributed by atoms with van der Waals surface area (Å²) in [5.74, 6) is 1.51. The zero-order chi connectivity index (χ0) is 23.4. The van der Waals surface area contributed by atoms with Crippen LogP contribution in [0, 0.1) is 13.8 Å². The number of nitrogens with zero attached hydrogens (tertiary/aromatic N) is 3. The molecule has 3 aromatic rings. The highest BCUT2D eigenvalue weighted by atomic mass is 16.5. The van der Waals surface area contributed by atoms with E-state index in [0.717, 1.165) is 35.7 Å². The van der Waals surface area contributed by atoms with Crippen LogP contribution in [0.15, 0.2) is 47.0 Å². The molecule has 0 bridgehead atoms. The lowest BCUT2D eigenvalue weighted by Crippen LogP contribution is -2.28. The van der Waals surface area contributed by atoms with E-state index in [1.807, 2.05) is 25.7 Å². The van der Waals surface area contributed by atoms with E-state index in [4.69, 9.17) is 14.2 Å². The topological polar surface area (TPSA) is 80.5 Å². The molecule has 4 rings (SSSR count). The largest absolute Gasteiger partial charge is 0.473 e. The number of likely N-dealkylation sites (tertiary alicyclic amines) is 1. The van der Waals surface area contributed by atoms with E-state index in [2.05, 4.69) is 53.8 Å². The first-order valence-corrected chi connectivity index (χ1v) is 11.6. The number of aryl methyl sites for hydroxylation is 3. The summed E-state index contributed by atoms with van der Waals surface area (Å²) in [4.78, 5) is 19.5. The van der Waals surface area contributed by atoms with E-state index in [1.165, 1.54) is 5.56 Å². The van der Waals surface area contributed by atoms with Gasteiger partial charge in [0.25, 0.3) is 5.88 Å². The molecular weight excluding hydrogens is 416 g/mol. The van der Waals surface area contributed by atoms with E-state index in [0.29, 0.717) is 31.0 Å². The minimum Gasteiger partial charge on any atom is -0.473 e. The summed E-state index contributed by atoms with van der Waals surface area (Å²) in [7, 11) is 0. The molecule has 1 N–H and O–H groups in total. The van der Waals surface area contributed by atoms with E-state index in [9.17, 15) is 4.79 Å². The molecule has 1 aromatic carbocycles. The van der Waals surface area contributed by atoms with Crippen LogP contribution in [-0.4, -0.2) is 40.1 Å². The van der Waals surface area contributed by atoms with Gasteiger partial charge in [0.1, 0.15) is 5.76 Å². The Hall–Kier alpha value is -3.35. The highest BCUT2D eigenvalue weighted by molar-refractivity contribution is 5.76. The second-order valence-corrected chi connectivity index (χ2v) is 9.04. The van der Waals surface area contributed by atoms with Gasteiger partial charge in [-0.3, -0.25) is 9.78 Å². The summed E-state index contributed by atoms with van der Waals surface area (Å²) in [5, 5.41) is 7.37. The predicted octanol–water partition coefficient (Wildman–Crippen LogP) is 5.17. The second-order valence-electron chi connectivity index (χ2n) is 9.04. The Bertz CT molecular complexity index is 1090. The van der Waals surface area contributed by atoms with Gasteiger partial charge in [-0.15, -0.1) is 0 Å². The van der Waals surface area contributed by atoms with Crippen molar-refractivity contribution >= 4 is 17.3 Å². The van der Waals surface area contributed by atoms with Gasteiger partial charge in [-0.25, -0.2) is 0 Å². The first-order chi connectivity index (χ1) is 15.9. The lowest BCUT2D eigenvalue weighted by atomic mass is 10.0. The number of carbonyl (C=O) groups is 1. The van der Waals surface area contributed by atoms with Crippen molar-refractivity contribution in [3.63, 3.8) is 0 Å². The molecule has 1 unspecified atom stereocenters. The monoisotopic (exact) mass is 448 g/mol. The van der Waals surface area contributed by atoms with Gasteiger partial charge in [0.2, 0.25) is 5.91 Å². The summed E-state index contributed by atoms with van der Waals surface area (Å²) >= 11 is 0. The molecule has 1 aliphatic rings. The van der Waals surface area contributed by atoms with E-state index in [1.54, 1.807) is 6.07 Å². The molecule has 0 saturated carbocycles. The Morgan fingerprint density at radius 2 is 1.97 bits per heavy atom. The molecule has 1 aliphatic heterocycles. The van der Waals surface area contributed by atoms with Crippen LogP contribution in [0.1, 0.15) is 55.3 Å². The van der Waals surface area contributed by atoms with Crippen molar-refractivity contribution < 1.29 is 14.1 Å². The molecular formula is C26H32N4O3. The minimum absolute atomic E-state index is 0.0361. The number of hydrogen-bond acceptors (Lipinski definition) is 6. The number of rotatable bonds is 8. The maximum absolute atomic E-state index is 12.8. The van der Waals surface area contributed by atoms with Gasteiger partial charge in [-0.05, 0) is 63.5 Å². The highest BCUT2D eigenvalue weighted by Crippen LogP contribution is 2.29. The Kier molecular flexibility index (Phi) is 6.96. The van der Waals surface area contributed by atoms with Crippen LogP contribution in [0.4, 0.5) is 11.4 Å². The van der Waals surface area contributed by atoms with E-state index in [-0.39, 0.29) is 17.9 Å². The van der Waals surface area contributed by atoms with Crippen molar-refractivity contribution in [1.29, 1.82) is 0 Å². The Morgan fingerprint density at radius 1 is 1.18 bits per heavy atom. The molecule has 1 amide bonds. The van der Waals surface area contributed by atoms with Crippen LogP contribution in [0.25, 0.3) is 0 Å². The first-order valence-electron chi connectivity index (χ1n) is 11.6.